The van der Waals surface area contributed by atoms with Crippen LogP contribution < -0.4 is 5.73 Å². The normalized spacial score (nSPS) is 22.0. The van der Waals surface area contributed by atoms with Crippen molar-refractivity contribution < 1.29 is 0 Å². The molecular weight excluding hydrogens is 244 g/mol. The van der Waals surface area contributed by atoms with Crippen LogP contribution in [-0.4, -0.2) is 24.5 Å². The number of nitrogens with two attached hydrogens (primary N) is 1. The van der Waals surface area contributed by atoms with Gasteiger partial charge in [-0.05, 0) is 55.1 Å². The van der Waals surface area contributed by atoms with Crippen molar-refractivity contribution in [2.45, 2.75) is 25.8 Å². The predicted molar refractivity (Wildman–Crippen MR) is 85.7 cm³/mol. The number of rotatable bonds is 3. The van der Waals surface area contributed by atoms with Crippen LogP contribution in [0.25, 0.3) is 10.8 Å². The third-order valence-electron chi connectivity index (χ3n) is 4.70. The van der Waals surface area contributed by atoms with Crippen molar-refractivity contribution in [2.75, 3.05) is 19.6 Å². The molecule has 0 spiro atoms. The van der Waals surface area contributed by atoms with E-state index < -0.39 is 0 Å². The number of fused-ring (bicyclic) bond motifs is 1. The average molecular weight is 268 g/mol. The van der Waals surface area contributed by atoms with E-state index in [0.29, 0.717) is 12.0 Å². The lowest BCUT2D eigenvalue weighted by Gasteiger charge is -2.37. The Morgan fingerprint density at radius 2 is 2.00 bits per heavy atom. The van der Waals surface area contributed by atoms with Crippen LogP contribution in [0.2, 0.25) is 0 Å². The van der Waals surface area contributed by atoms with E-state index in [-0.39, 0.29) is 0 Å². The average Bonchev–Trinajstić information content (AvgIpc) is 2.53. The standard InChI is InChI=1S/C18H24N2/c1-14(20-11-5-6-15(12-19)13-20)17-10-4-8-16-7-2-3-9-18(16)17/h2-4,7-10,14-15H,5-6,11-13,19H2,1H3. The van der Waals surface area contributed by atoms with Crippen LogP contribution in [-0.2, 0) is 0 Å². The lowest BCUT2D eigenvalue weighted by Crippen LogP contribution is -2.39. The van der Waals surface area contributed by atoms with E-state index in [2.05, 4.69) is 54.3 Å². The summed E-state index contributed by atoms with van der Waals surface area (Å²) in [5, 5.41) is 2.72. The van der Waals surface area contributed by atoms with E-state index in [1.807, 2.05) is 0 Å². The summed E-state index contributed by atoms with van der Waals surface area (Å²) < 4.78 is 0. The maximum Gasteiger partial charge on any atom is 0.0326 e. The molecule has 0 amide bonds. The summed E-state index contributed by atoms with van der Waals surface area (Å²) in [4.78, 5) is 2.60. The SMILES string of the molecule is CC(c1cccc2ccccc12)N1CCCC(CN)C1. The first-order valence-corrected chi connectivity index (χ1v) is 7.71. The molecule has 20 heavy (non-hydrogen) atoms. The molecule has 1 aliphatic heterocycles. The van der Waals surface area contributed by atoms with E-state index >= 15 is 0 Å². The maximum atomic E-state index is 5.87. The van der Waals surface area contributed by atoms with Crippen LogP contribution in [0.5, 0.6) is 0 Å². The second-order valence-electron chi connectivity index (χ2n) is 5.98. The summed E-state index contributed by atoms with van der Waals surface area (Å²) in [6.07, 6.45) is 2.56. The Bertz CT molecular complexity index is 573. The van der Waals surface area contributed by atoms with Gasteiger partial charge in [-0.2, -0.15) is 0 Å². The maximum absolute atomic E-state index is 5.87. The number of likely N-dealkylation sites (tertiary alicyclic amines) is 1. The second-order valence-corrected chi connectivity index (χ2v) is 5.98. The molecule has 2 N–H and O–H groups in total. The molecule has 2 nitrogen and oxygen atoms in total. The number of benzene rings is 2. The summed E-state index contributed by atoms with van der Waals surface area (Å²) >= 11 is 0. The first-order chi connectivity index (χ1) is 9.79. The minimum Gasteiger partial charge on any atom is -0.330 e. The minimum atomic E-state index is 0.468. The Morgan fingerprint density at radius 3 is 2.85 bits per heavy atom. The van der Waals surface area contributed by atoms with Gasteiger partial charge in [0.1, 0.15) is 0 Å². The Hall–Kier alpha value is -1.38. The quantitative estimate of drug-likeness (QED) is 0.922. The van der Waals surface area contributed by atoms with Gasteiger partial charge in [-0.1, -0.05) is 42.5 Å². The van der Waals surface area contributed by atoms with Crippen LogP contribution >= 0.6 is 0 Å². The molecule has 2 atom stereocenters. The van der Waals surface area contributed by atoms with Gasteiger partial charge in [0, 0.05) is 12.6 Å². The van der Waals surface area contributed by atoms with Crippen LogP contribution in [0, 0.1) is 5.92 Å². The summed E-state index contributed by atoms with van der Waals surface area (Å²) in [5.41, 5.74) is 7.31. The Labute approximate surface area is 121 Å². The molecule has 1 saturated heterocycles. The molecular formula is C18H24N2. The minimum absolute atomic E-state index is 0.468. The zero-order chi connectivity index (χ0) is 13.9. The van der Waals surface area contributed by atoms with Gasteiger partial charge < -0.3 is 5.73 Å². The fourth-order valence-electron chi connectivity index (χ4n) is 3.45. The topological polar surface area (TPSA) is 29.3 Å². The zero-order valence-electron chi connectivity index (χ0n) is 12.3. The fraction of sp³-hybridized carbons (Fsp3) is 0.444. The molecule has 1 fully saturated rings. The van der Waals surface area contributed by atoms with Crippen molar-refractivity contribution in [3.05, 3.63) is 48.0 Å². The number of piperidine rings is 1. The van der Waals surface area contributed by atoms with E-state index in [4.69, 9.17) is 5.73 Å². The molecule has 2 aromatic carbocycles. The Kier molecular flexibility index (Phi) is 4.04. The number of nitrogens with zero attached hydrogens (tertiary/aromatic N) is 1. The molecule has 2 unspecified atom stereocenters. The smallest absolute Gasteiger partial charge is 0.0326 e. The van der Waals surface area contributed by atoms with Crippen LogP contribution in [0.1, 0.15) is 31.4 Å². The Morgan fingerprint density at radius 1 is 1.20 bits per heavy atom. The predicted octanol–water partition coefficient (Wildman–Crippen LogP) is 3.57. The monoisotopic (exact) mass is 268 g/mol. The van der Waals surface area contributed by atoms with Gasteiger partial charge in [-0.15, -0.1) is 0 Å². The molecule has 3 rings (SSSR count). The highest BCUT2D eigenvalue weighted by Gasteiger charge is 2.24. The number of hydrogen-bond acceptors (Lipinski definition) is 2. The highest BCUT2D eigenvalue weighted by atomic mass is 15.2. The molecule has 0 radical (unpaired) electrons. The van der Waals surface area contributed by atoms with Crippen LogP contribution in [0.15, 0.2) is 42.5 Å². The molecule has 0 aromatic heterocycles. The molecule has 0 saturated carbocycles. The van der Waals surface area contributed by atoms with Crippen molar-refractivity contribution in [1.82, 2.24) is 4.90 Å². The number of hydrogen-bond donors (Lipinski definition) is 1. The summed E-state index contributed by atoms with van der Waals surface area (Å²) in [7, 11) is 0. The van der Waals surface area contributed by atoms with Gasteiger partial charge in [0.05, 0.1) is 0 Å². The van der Waals surface area contributed by atoms with Gasteiger partial charge in [0.25, 0.3) is 0 Å². The van der Waals surface area contributed by atoms with E-state index in [9.17, 15) is 0 Å². The first kappa shape index (κ1) is 13.6. The summed E-state index contributed by atoms with van der Waals surface area (Å²) in [5.74, 6) is 0.668. The van der Waals surface area contributed by atoms with Crippen LogP contribution in [0.4, 0.5) is 0 Å². The molecule has 106 valence electrons. The molecule has 0 aliphatic carbocycles. The second kappa shape index (κ2) is 5.94. The van der Waals surface area contributed by atoms with Gasteiger partial charge >= 0.3 is 0 Å². The third kappa shape index (κ3) is 2.58. The first-order valence-electron chi connectivity index (χ1n) is 7.71. The van der Waals surface area contributed by atoms with Crippen molar-refractivity contribution >= 4 is 10.8 Å². The highest BCUT2D eigenvalue weighted by Crippen LogP contribution is 2.30. The molecule has 2 aromatic rings. The zero-order valence-corrected chi connectivity index (χ0v) is 12.3. The van der Waals surface area contributed by atoms with Crippen LogP contribution in [0.3, 0.4) is 0 Å². The summed E-state index contributed by atoms with van der Waals surface area (Å²) in [6, 6.07) is 15.8. The van der Waals surface area contributed by atoms with E-state index in [1.165, 1.54) is 35.7 Å². The van der Waals surface area contributed by atoms with Gasteiger partial charge in [-0.3, -0.25) is 4.90 Å². The van der Waals surface area contributed by atoms with E-state index in [0.717, 1.165) is 13.1 Å². The van der Waals surface area contributed by atoms with Crippen molar-refractivity contribution in [3.8, 4) is 0 Å². The van der Waals surface area contributed by atoms with Gasteiger partial charge in [-0.25, -0.2) is 0 Å². The van der Waals surface area contributed by atoms with Crippen molar-refractivity contribution in [2.24, 2.45) is 11.7 Å². The van der Waals surface area contributed by atoms with Gasteiger partial charge in [0.2, 0.25) is 0 Å². The van der Waals surface area contributed by atoms with Crippen molar-refractivity contribution in [1.29, 1.82) is 0 Å². The van der Waals surface area contributed by atoms with E-state index in [1.54, 1.807) is 0 Å². The Balaban J connectivity index is 1.90. The molecule has 1 aliphatic rings. The third-order valence-corrected chi connectivity index (χ3v) is 4.70. The lowest BCUT2D eigenvalue weighted by molar-refractivity contribution is 0.135. The molecule has 2 heteroatoms. The van der Waals surface area contributed by atoms with Crippen molar-refractivity contribution in [3.63, 3.8) is 0 Å². The highest BCUT2D eigenvalue weighted by molar-refractivity contribution is 5.86. The fourth-order valence-corrected chi connectivity index (χ4v) is 3.45. The van der Waals surface area contributed by atoms with Gasteiger partial charge in [0.15, 0.2) is 0 Å². The molecule has 1 heterocycles. The summed E-state index contributed by atoms with van der Waals surface area (Å²) in [6.45, 7) is 5.49. The lowest BCUT2D eigenvalue weighted by atomic mass is 9.93. The largest absolute Gasteiger partial charge is 0.330 e. The molecule has 0 bridgehead atoms.